The number of hydrogen-bond donors (Lipinski definition) is 2. The normalized spacial score (nSPS) is 11.0. The monoisotopic (exact) mass is 382 g/mol. The van der Waals surface area contributed by atoms with Crippen LogP contribution >= 0.6 is 0 Å². The van der Waals surface area contributed by atoms with E-state index in [1.807, 2.05) is 12.1 Å². The van der Waals surface area contributed by atoms with Gasteiger partial charge in [0.1, 0.15) is 10.7 Å². The highest BCUT2D eigenvalue weighted by Gasteiger charge is 2.13. The van der Waals surface area contributed by atoms with E-state index in [9.17, 15) is 13.2 Å². The second kappa shape index (κ2) is 7.96. The first kappa shape index (κ1) is 18.5. The fourth-order valence-corrected chi connectivity index (χ4v) is 3.22. The Hall–Kier alpha value is -3.26. The molecule has 0 saturated carbocycles. The van der Waals surface area contributed by atoms with Crippen molar-refractivity contribution in [3.8, 4) is 0 Å². The first-order valence-electron chi connectivity index (χ1n) is 8.13. The molecule has 2 aromatic heterocycles. The van der Waals surface area contributed by atoms with Crippen LogP contribution in [-0.4, -0.2) is 30.5 Å². The predicted molar refractivity (Wildman–Crippen MR) is 103 cm³/mol. The summed E-state index contributed by atoms with van der Waals surface area (Å²) in [6.45, 7) is 0.399. The number of carbonyl (C=O) groups is 1. The van der Waals surface area contributed by atoms with Crippen molar-refractivity contribution in [1.82, 2.24) is 9.97 Å². The first-order chi connectivity index (χ1) is 12.9. The number of benzene rings is 1. The maximum Gasteiger partial charge on any atom is 0.257 e. The number of sulfone groups is 1. The van der Waals surface area contributed by atoms with Gasteiger partial charge in [-0.1, -0.05) is 12.1 Å². The Morgan fingerprint density at radius 2 is 1.78 bits per heavy atom. The van der Waals surface area contributed by atoms with Crippen LogP contribution in [0.1, 0.15) is 15.9 Å². The number of nitrogens with one attached hydrogen (secondary N) is 2. The van der Waals surface area contributed by atoms with Gasteiger partial charge in [-0.25, -0.2) is 13.4 Å². The van der Waals surface area contributed by atoms with Crippen LogP contribution in [0, 0.1) is 0 Å². The van der Waals surface area contributed by atoms with Gasteiger partial charge in [0, 0.05) is 37.1 Å². The second-order valence-corrected chi connectivity index (χ2v) is 7.85. The van der Waals surface area contributed by atoms with E-state index in [0.29, 0.717) is 23.6 Å². The molecule has 0 spiro atoms. The lowest BCUT2D eigenvalue weighted by atomic mass is 10.2. The highest BCUT2D eigenvalue weighted by atomic mass is 32.2. The Bertz CT molecular complexity index is 1040. The van der Waals surface area contributed by atoms with Crippen molar-refractivity contribution >= 4 is 27.2 Å². The summed E-state index contributed by atoms with van der Waals surface area (Å²) >= 11 is 0. The van der Waals surface area contributed by atoms with E-state index in [0.717, 1.165) is 11.8 Å². The summed E-state index contributed by atoms with van der Waals surface area (Å²) in [7, 11) is -3.36. The van der Waals surface area contributed by atoms with E-state index in [2.05, 4.69) is 20.6 Å². The molecular weight excluding hydrogens is 364 g/mol. The van der Waals surface area contributed by atoms with Crippen LogP contribution in [0.2, 0.25) is 0 Å². The van der Waals surface area contributed by atoms with Crippen LogP contribution in [0.25, 0.3) is 0 Å². The maximum atomic E-state index is 12.1. The zero-order chi connectivity index (χ0) is 19.3. The highest BCUT2D eigenvalue weighted by Crippen LogP contribution is 2.19. The number of hydrogen-bond acceptors (Lipinski definition) is 6. The lowest BCUT2D eigenvalue weighted by molar-refractivity contribution is 0.102. The number of carbonyl (C=O) groups excluding carboxylic acids is 1. The molecule has 27 heavy (non-hydrogen) atoms. The van der Waals surface area contributed by atoms with E-state index in [1.54, 1.807) is 36.5 Å². The summed E-state index contributed by atoms with van der Waals surface area (Å²) in [4.78, 5) is 20.3. The van der Waals surface area contributed by atoms with Gasteiger partial charge in [-0.05, 0) is 42.0 Å². The van der Waals surface area contributed by atoms with E-state index < -0.39 is 9.84 Å². The predicted octanol–water partition coefficient (Wildman–Crippen LogP) is 2.74. The van der Waals surface area contributed by atoms with Gasteiger partial charge < -0.3 is 10.6 Å². The van der Waals surface area contributed by atoms with Crippen molar-refractivity contribution in [2.24, 2.45) is 0 Å². The Morgan fingerprint density at radius 1 is 1.04 bits per heavy atom. The molecule has 2 heterocycles. The van der Waals surface area contributed by atoms with Crippen molar-refractivity contribution in [3.63, 3.8) is 0 Å². The molecule has 3 aromatic rings. The molecule has 0 unspecified atom stereocenters. The standard InChI is InChI=1S/C19H18N4O3S/c1-27(25,26)17-5-3-11-21-18(17)22-12-14-6-8-16(9-7-14)23-19(24)15-4-2-10-20-13-15/h2-11,13H,12H2,1H3,(H,21,22)(H,23,24). The van der Waals surface area contributed by atoms with Gasteiger partial charge in [0.05, 0.1) is 5.56 Å². The minimum absolute atomic E-state index is 0.158. The molecular formula is C19H18N4O3S. The summed E-state index contributed by atoms with van der Waals surface area (Å²) in [5.74, 6) is 0.0780. The van der Waals surface area contributed by atoms with Crippen LogP contribution in [0.15, 0.2) is 72.0 Å². The molecule has 3 rings (SSSR count). The van der Waals surface area contributed by atoms with Gasteiger partial charge in [0.15, 0.2) is 9.84 Å². The number of pyridine rings is 2. The molecule has 0 bridgehead atoms. The summed E-state index contributed by atoms with van der Waals surface area (Å²) in [6.07, 6.45) is 5.79. The smallest absolute Gasteiger partial charge is 0.257 e. The van der Waals surface area contributed by atoms with Crippen molar-refractivity contribution < 1.29 is 13.2 Å². The summed E-state index contributed by atoms with van der Waals surface area (Å²) in [5, 5.41) is 5.83. The molecule has 0 aliphatic heterocycles. The largest absolute Gasteiger partial charge is 0.365 e. The van der Waals surface area contributed by atoms with Crippen LogP contribution in [-0.2, 0) is 16.4 Å². The number of rotatable bonds is 6. The van der Waals surface area contributed by atoms with E-state index in [1.165, 1.54) is 18.5 Å². The van der Waals surface area contributed by atoms with Crippen LogP contribution in [0.3, 0.4) is 0 Å². The maximum absolute atomic E-state index is 12.1. The topological polar surface area (TPSA) is 101 Å². The zero-order valence-electron chi connectivity index (χ0n) is 14.6. The van der Waals surface area contributed by atoms with Gasteiger partial charge in [-0.3, -0.25) is 9.78 Å². The van der Waals surface area contributed by atoms with Gasteiger partial charge in [0.25, 0.3) is 5.91 Å². The van der Waals surface area contributed by atoms with E-state index in [-0.39, 0.29) is 10.8 Å². The van der Waals surface area contributed by atoms with Crippen LogP contribution < -0.4 is 10.6 Å². The minimum atomic E-state index is -3.36. The van der Waals surface area contributed by atoms with Gasteiger partial charge in [-0.2, -0.15) is 0 Å². The molecule has 138 valence electrons. The van der Waals surface area contributed by atoms with Gasteiger partial charge in [0.2, 0.25) is 0 Å². The Kier molecular flexibility index (Phi) is 5.46. The van der Waals surface area contributed by atoms with Gasteiger partial charge in [-0.15, -0.1) is 0 Å². The second-order valence-electron chi connectivity index (χ2n) is 5.87. The lowest BCUT2D eigenvalue weighted by Crippen LogP contribution is -2.12. The minimum Gasteiger partial charge on any atom is -0.365 e. The number of amides is 1. The van der Waals surface area contributed by atoms with Gasteiger partial charge >= 0.3 is 0 Å². The Morgan fingerprint density at radius 3 is 2.44 bits per heavy atom. The molecule has 0 aliphatic carbocycles. The molecule has 0 fully saturated rings. The molecule has 0 aliphatic rings. The average Bonchev–Trinajstić information content (AvgIpc) is 2.67. The average molecular weight is 382 g/mol. The Labute approximate surface area is 157 Å². The molecule has 7 nitrogen and oxygen atoms in total. The van der Waals surface area contributed by atoms with Crippen LogP contribution in [0.5, 0.6) is 0 Å². The Balaban J connectivity index is 1.64. The molecule has 0 atom stereocenters. The highest BCUT2D eigenvalue weighted by molar-refractivity contribution is 7.90. The number of anilines is 2. The number of nitrogens with zero attached hydrogens (tertiary/aromatic N) is 2. The molecule has 8 heteroatoms. The van der Waals surface area contributed by atoms with Crippen molar-refractivity contribution in [2.75, 3.05) is 16.9 Å². The third kappa shape index (κ3) is 4.89. The summed E-state index contributed by atoms with van der Waals surface area (Å²) in [5.41, 5.74) is 2.05. The quantitative estimate of drug-likeness (QED) is 0.680. The summed E-state index contributed by atoms with van der Waals surface area (Å²) < 4.78 is 23.6. The van der Waals surface area contributed by atoms with Crippen molar-refractivity contribution in [2.45, 2.75) is 11.4 Å². The zero-order valence-corrected chi connectivity index (χ0v) is 15.4. The number of aromatic nitrogens is 2. The molecule has 1 aromatic carbocycles. The molecule has 0 saturated heterocycles. The van der Waals surface area contributed by atoms with Crippen molar-refractivity contribution in [3.05, 3.63) is 78.2 Å². The fourth-order valence-electron chi connectivity index (χ4n) is 2.41. The third-order valence-corrected chi connectivity index (χ3v) is 4.89. The van der Waals surface area contributed by atoms with E-state index in [4.69, 9.17) is 0 Å². The van der Waals surface area contributed by atoms with Crippen LogP contribution in [0.4, 0.5) is 11.5 Å². The first-order valence-corrected chi connectivity index (χ1v) is 10.0. The fraction of sp³-hybridized carbons (Fsp3) is 0.105. The molecule has 2 N–H and O–H groups in total. The van der Waals surface area contributed by atoms with E-state index >= 15 is 0 Å². The molecule has 1 amide bonds. The molecule has 0 radical (unpaired) electrons. The summed E-state index contributed by atoms with van der Waals surface area (Å²) in [6, 6.07) is 13.7. The van der Waals surface area contributed by atoms with Crippen molar-refractivity contribution in [1.29, 1.82) is 0 Å². The lowest BCUT2D eigenvalue weighted by Gasteiger charge is -2.10. The SMILES string of the molecule is CS(=O)(=O)c1cccnc1NCc1ccc(NC(=O)c2cccnc2)cc1. The third-order valence-electron chi connectivity index (χ3n) is 3.77.